The number of benzene rings is 1. The zero-order valence-corrected chi connectivity index (χ0v) is 20.6. The molecule has 5 rings (SSSR count). The van der Waals surface area contributed by atoms with E-state index in [1.807, 2.05) is 18.2 Å². The molecular formula is C26H29ClN4O4. The van der Waals surface area contributed by atoms with Crippen molar-refractivity contribution in [2.75, 3.05) is 26.0 Å². The largest absolute Gasteiger partial charge is 0.323 e. The average molecular weight is 497 g/mol. The van der Waals surface area contributed by atoms with Crippen molar-refractivity contribution in [2.45, 2.75) is 43.6 Å². The number of pyridine rings is 1. The Kier molecular flexibility index (Phi) is 6.27. The van der Waals surface area contributed by atoms with E-state index in [2.05, 4.69) is 10.3 Å². The summed E-state index contributed by atoms with van der Waals surface area (Å²) < 4.78 is 0. The fourth-order valence-corrected chi connectivity index (χ4v) is 5.83. The van der Waals surface area contributed by atoms with Crippen LogP contribution < -0.4 is 5.32 Å². The van der Waals surface area contributed by atoms with E-state index in [9.17, 15) is 14.4 Å². The number of nitrogens with one attached hydrogen (secondary N) is 1. The number of hydrogen-bond acceptors (Lipinski definition) is 5. The Morgan fingerprint density at radius 1 is 1.23 bits per heavy atom. The zero-order chi connectivity index (χ0) is 24.7. The average Bonchev–Trinajstić information content (AvgIpc) is 3.64. The second kappa shape index (κ2) is 9.24. The third-order valence-corrected chi connectivity index (χ3v) is 8.01. The molecular weight excluding hydrogens is 468 g/mol. The molecule has 9 heteroatoms. The first-order chi connectivity index (χ1) is 16.8. The number of fused-ring (bicyclic) bond motifs is 1. The van der Waals surface area contributed by atoms with Crippen LogP contribution in [0.4, 0.5) is 5.69 Å². The third kappa shape index (κ3) is 4.19. The maximum absolute atomic E-state index is 13.9. The molecule has 0 saturated heterocycles. The Morgan fingerprint density at radius 3 is 2.69 bits per heavy atom. The summed E-state index contributed by atoms with van der Waals surface area (Å²) in [4.78, 5) is 51.4. The molecule has 3 amide bonds. The lowest BCUT2D eigenvalue weighted by Gasteiger charge is -2.36. The minimum absolute atomic E-state index is 0.0177. The molecule has 184 valence electrons. The van der Waals surface area contributed by atoms with Crippen LogP contribution in [0.25, 0.3) is 0 Å². The molecule has 2 unspecified atom stereocenters. The minimum Gasteiger partial charge on any atom is -0.323 e. The van der Waals surface area contributed by atoms with E-state index < -0.39 is 5.54 Å². The topological polar surface area (TPSA) is 91.8 Å². The standard InChI is InChI=1S/C26H29ClN4O4/c1-30(35-2)23(32)17-8-6-16(7-9-17)15-31-24(33)19-11-10-18(27)13-22(19)29-25(34)26(31)14-20(26)21-5-3-4-12-28-21/h3-5,10-13,16-17,20H,6-9,14-15H2,1-2H3,(H,29,34). The normalized spacial score (nSPS) is 27.7. The van der Waals surface area contributed by atoms with Crippen molar-refractivity contribution >= 4 is 35.0 Å². The molecule has 0 bridgehead atoms. The molecule has 1 aromatic carbocycles. The summed E-state index contributed by atoms with van der Waals surface area (Å²) in [5.41, 5.74) is 0.705. The van der Waals surface area contributed by atoms with Crippen LogP contribution in [0.15, 0.2) is 42.6 Å². The van der Waals surface area contributed by atoms with E-state index in [0.717, 1.165) is 31.4 Å². The summed E-state index contributed by atoms with van der Waals surface area (Å²) in [6.07, 6.45) is 5.30. The molecule has 8 nitrogen and oxygen atoms in total. The third-order valence-electron chi connectivity index (χ3n) is 7.78. The number of nitrogens with zero attached hydrogens (tertiary/aromatic N) is 3. The highest BCUT2D eigenvalue weighted by atomic mass is 35.5. The van der Waals surface area contributed by atoms with Crippen molar-refractivity contribution in [3.63, 3.8) is 0 Å². The summed E-state index contributed by atoms with van der Waals surface area (Å²) in [7, 11) is 3.11. The summed E-state index contributed by atoms with van der Waals surface area (Å²) >= 11 is 6.17. The van der Waals surface area contributed by atoms with Gasteiger partial charge in [0.05, 0.1) is 18.4 Å². The lowest BCUT2D eigenvalue weighted by atomic mass is 9.81. The Balaban J connectivity index is 1.42. The van der Waals surface area contributed by atoms with Crippen molar-refractivity contribution < 1.29 is 19.2 Å². The smallest absolute Gasteiger partial charge is 0.256 e. The van der Waals surface area contributed by atoms with Crippen LogP contribution in [0.2, 0.25) is 5.02 Å². The molecule has 2 fully saturated rings. The molecule has 1 aliphatic heterocycles. The zero-order valence-electron chi connectivity index (χ0n) is 19.9. The number of carbonyl (C=O) groups is 3. The Labute approximate surface area is 209 Å². The molecule has 2 atom stereocenters. The molecule has 2 aromatic rings. The van der Waals surface area contributed by atoms with Crippen LogP contribution in [-0.4, -0.2) is 58.9 Å². The van der Waals surface area contributed by atoms with Gasteiger partial charge in [-0.25, -0.2) is 5.06 Å². The van der Waals surface area contributed by atoms with E-state index in [1.54, 1.807) is 36.3 Å². The monoisotopic (exact) mass is 496 g/mol. The minimum atomic E-state index is -0.986. The first-order valence-corrected chi connectivity index (χ1v) is 12.4. The van der Waals surface area contributed by atoms with Crippen LogP contribution in [0.1, 0.15) is 54.1 Å². The predicted molar refractivity (Wildman–Crippen MR) is 131 cm³/mol. The second-order valence-corrected chi connectivity index (χ2v) is 10.2. The summed E-state index contributed by atoms with van der Waals surface area (Å²) in [5.74, 6) is -0.460. The van der Waals surface area contributed by atoms with Crippen LogP contribution >= 0.6 is 11.6 Å². The number of hydroxylamine groups is 2. The molecule has 2 heterocycles. The molecule has 1 spiro atoms. The molecule has 2 aliphatic carbocycles. The first-order valence-electron chi connectivity index (χ1n) is 12.0. The summed E-state index contributed by atoms with van der Waals surface area (Å²) in [6.45, 7) is 0.457. The second-order valence-electron chi connectivity index (χ2n) is 9.73. The highest BCUT2D eigenvalue weighted by Crippen LogP contribution is 2.57. The van der Waals surface area contributed by atoms with Crippen molar-refractivity contribution in [3.05, 3.63) is 58.9 Å². The van der Waals surface area contributed by atoms with Crippen LogP contribution in [0, 0.1) is 11.8 Å². The summed E-state index contributed by atoms with van der Waals surface area (Å²) in [6, 6.07) is 10.6. The number of hydrogen-bond donors (Lipinski definition) is 1. The van der Waals surface area contributed by atoms with Gasteiger partial charge in [-0.05, 0) is 68.4 Å². The van der Waals surface area contributed by atoms with E-state index >= 15 is 0 Å². The Morgan fingerprint density at radius 2 is 2.00 bits per heavy atom. The first kappa shape index (κ1) is 23.8. The molecule has 0 radical (unpaired) electrons. The highest BCUT2D eigenvalue weighted by Gasteiger charge is 2.67. The van der Waals surface area contributed by atoms with Gasteiger partial charge in [-0.2, -0.15) is 0 Å². The maximum atomic E-state index is 13.9. The van der Waals surface area contributed by atoms with Gasteiger partial charge in [0.2, 0.25) is 5.91 Å². The summed E-state index contributed by atoms with van der Waals surface area (Å²) in [5, 5.41) is 4.72. The van der Waals surface area contributed by atoms with Crippen molar-refractivity contribution in [1.82, 2.24) is 14.9 Å². The van der Waals surface area contributed by atoms with E-state index in [1.165, 1.54) is 12.2 Å². The van der Waals surface area contributed by atoms with E-state index in [0.29, 0.717) is 29.2 Å². The van der Waals surface area contributed by atoms with E-state index in [4.69, 9.17) is 16.4 Å². The van der Waals surface area contributed by atoms with Crippen molar-refractivity contribution in [1.29, 1.82) is 0 Å². The number of amides is 3. The predicted octanol–water partition coefficient (Wildman–Crippen LogP) is 3.88. The van der Waals surface area contributed by atoms with E-state index in [-0.39, 0.29) is 35.5 Å². The van der Waals surface area contributed by atoms with Gasteiger partial charge >= 0.3 is 0 Å². The van der Waals surface area contributed by atoms with Gasteiger partial charge in [0.1, 0.15) is 5.54 Å². The van der Waals surface area contributed by atoms with Crippen LogP contribution in [0.5, 0.6) is 0 Å². The number of rotatable bonds is 5. The molecule has 1 aromatic heterocycles. The number of carbonyl (C=O) groups excluding carboxylic acids is 3. The lowest BCUT2D eigenvalue weighted by Crippen LogP contribution is -2.51. The number of aromatic nitrogens is 1. The number of anilines is 1. The Hall–Kier alpha value is -2.97. The van der Waals surface area contributed by atoms with Crippen LogP contribution in [-0.2, 0) is 14.4 Å². The molecule has 3 aliphatic rings. The van der Waals surface area contributed by atoms with Gasteiger partial charge in [-0.1, -0.05) is 17.7 Å². The highest BCUT2D eigenvalue weighted by molar-refractivity contribution is 6.31. The molecule has 1 N–H and O–H groups in total. The maximum Gasteiger partial charge on any atom is 0.256 e. The number of halogens is 1. The molecule has 35 heavy (non-hydrogen) atoms. The molecule has 2 saturated carbocycles. The van der Waals surface area contributed by atoms with Crippen molar-refractivity contribution in [2.24, 2.45) is 11.8 Å². The fourth-order valence-electron chi connectivity index (χ4n) is 5.66. The van der Waals surface area contributed by atoms with Crippen molar-refractivity contribution in [3.8, 4) is 0 Å². The Bertz CT molecular complexity index is 1150. The van der Waals surface area contributed by atoms with Gasteiger partial charge < -0.3 is 10.2 Å². The van der Waals surface area contributed by atoms with Gasteiger partial charge in [-0.15, -0.1) is 0 Å². The lowest BCUT2D eigenvalue weighted by molar-refractivity contribution is -0.174. The van der Waals surface area contributed by atoms with Crippen LogP contribution in [0.3, 0.4) is 0 Å². The van der Waals surface area contributed by atoms with Gasteiger partial charge in [0, 0.05) is 42.3 Å². The van der Waals surface area contributed by atoms with Gasteiger partial charge in [-0.3, -0.25) is 24.2 Å². The van der Waals surface area contributed by atoms with Gasteiger partial charge in [0.25, 0.3) is 11.8 Å². The quantitative estimate of drug-likeness (QED) is 0.634. The fraction of sp³-hybridized carbons (Fsp3) is 0.462. The SMILES string of the molecule is CON(C)C(=O)C1CCC(CN2C(=O)c3ccc(Cl)cc3NC(=O)C23CC3c2ccccn2)CC1. The van der Waals surface area contributed by atoms with Gasteiger partial charge in [0.15, 0.2) is 0 Å².